The highest BCUT2D eigenvalue weighted by Gasteiger charge is 2.18. The molecule has 0 fully saturated rings. The first kappa shape index (κ1) is 47.8. The number of ether oxygens (including phenoxy) is 3. The number of carboxylic acids is 1. The van der Waals surface area contributed by atoms with Crippen LogP contribution >= 0.6 is 0 Å². The largest absolute Gasteiger partial charge is 0.481 e. The summed E-state index contributed by atoms with van der Waals surface area (Å²) in [5, 5.41) is 18.2. The molecule has 9 nitrogen and oxygen atoms in total. The Morgan fingerprint density at radius 1 is 0.440 bits per heavy atom. The highest BCUT2D eigenvalue weighted by atomic mass is 16.5. The first-order chi connectivity index (χ1) is 24.4. The molecule has 50 heavy (non-hydrogen) atoms. The van der Waals surface area contributed by atoms with Gasteiger partial charge in [0.1, 0.15) is 0 Å². The summed E-state index contributed by atoms with van der Waals surface area (Å²) in [5.41, 5.74) is 0. The summed E-state index contributed by atoms with van der Waals surface area (Å²) in [4.78, 5) is 46.6. The van der Waals surface area contributed by atoms with E-state index in [0.717, 1.165) is 109 Å². The van der Waals surface area contributed by atoms with Gasteiger partial charge in [-0.15, -0.1) is 0 Å². The van der Waals surface area contributed by atoms with Gasteiger partial charge in [-0.2, -0.15) is 0 Å². The van der Waals surface area contributed by atoms with E-state index in [4.69, 9.17) is 19.3 Å². The zero-order valence-electron chi connectivity index (χ0n) is 32.1. The van der Waals surface area contributed by atoms with E-state index >= 15 is 0 Å². The second-order valence-corrected chi connectivity index (χ2v) is 14.1. The van der Waals surface area contributed by atoms with Crippen molar-refractivity contribution < 1.29 is 43.6 Å². The quantitative estimate of drug-likeness (QED) is 0.0362. The van der Waals surface area contributed by atoms with Crippen molar-refractivity contribution in [2.75, 3.05) is 26.4 Å². The summed E-state index contributed by atoms with van der Waals surface area (Å²) in [6, 6.07) is 0. The normalized spacial score (nSPS) is 11.7. The molecule has 0 aliphatic heterocycles. The van der Waals surface area contributed by atoms with Gasteiger partial charge in [0.25, 0.3) is 0 Å². The van der Waals surface area contributed by atoms with Crippen LogP contribution in [0.15, 0.2) is 0 Å². The molecule has 0 radical (unpaired) electrons. The average Bonchev–Trinajstić information content (AvgIpc) is 3.10. The molecule has 0 saturated heterocycles. The van der Waals surface area contributed by atoms with Crippen LogP contribution in [0.25, 0.3) is 0 Å². The first-order valence-electron chi connectivity index (χ1n) is 20.7. The van der Waals surface area contributed by atoms with E-state index in [-0.39, 0.29) is 30.9 Å². The number of hydrogen-bond acceptors (Lipinski definition) is 8. The number of aliphatic carboxylic acids is 1. The fourth-order valence-corrected chi connectivity index (χ4v) is 6.03. The molecule has 0 heterocycles. The summed E-state index contributed by atoms with van der Waals surface area (Å²) in [6.07, 6.45) is 30.4. The zero-order chi connectivity index (χ0) is 36.8. The number of carboxylic acid groups (broad SMARTS) is 1. The molecule has 0 amide bonds. The van der Waals surface area contributed by atoms with E-state index in [9.17, 15) is 24.3 Å². The van der Waals surface area contributed by atoms with Crippen molar-refractivity contribution in [2.45, 2.75) is 206 Å². The predicted molar refractivity (Wildman–Crippen MR) is 200 cm³/mol. The minimum absolute atomic E-state index is 0.110. The number of unbranched alkanes of at least 4 members (excludes halogenated alkanes) is 23. The minimum atomic E-state index is -0.741. The van der Waals surface area contributed by atoms with Crippen molar-refractivity contribution in [3.63, 3.8) is 0 Å². The molecule has 1 unspecified atom stereocenters. The van der Waals surface area contributed by atoms with E-state index < -0.39 is 11.9 Å². The number of aliphatic hydroxyl groups is 1. The van der Waals surface area contributed by atoms with Crippen LogP contribution in [0.1, 0.15) is 206 Å². The summed E-state index contributed by atoms with van der Waals surface area (Å²) >= 11 is 0. The maximum Gasteiger partial charge on any atom is 0.311 e. The van der Waals surface area contributed by atoms with Gasteiger partial charge >= 0.3 is 23.9 Å². The van der Waals surface area contributed by atoms with Gasteiger partial charge < -0.3 is 24.4 Å². The van der Waals surface area contributed by atoms with Gasteiger partial charge in [0, 0.05) is 19.3 Å². The lowest BCUT2D eigenvalue weighted by atomic mass is 10.0. The van der Waals surface area contributed by atoms with Gasteiger partial charge in [0.15, 0.2) is 0 Å². The Morgan fingerprint density at radius 3 is 1.18 bits per heavy atom. The van der Waals surface area contributed by atoms with E-state index in [1.54, 1.807) is 0 Å². The van der Waals surface area contributed by atoms with Gasteiger partial charge in [-0.3, -0.25) is 19.2 Å². The molecule has 0 rings (SSSR count). The van der Waals surface area contributed by atoms with Crippen LogP contribution in [0.2, 0.25) is 0 Å². The summed E-state index contributed by atoms with van der Waals surface area (Å²) in [7, 11) is 0. The van der Waals surface area contributed by atoms with Crippen LogP contribution in [-0.4, -0.2) is 60.5 Å². The second-order valence-electron chi connectivity index (χ2n) is 14.1. The molecule has 1 atom stereocenters. The first-order valence-corrected chi connectivity index (χ1v) is 20.7. The number of carbonyl (C=O) groups is 4. The Morgan fingerprint density at radius 2 is 0.780 bits per heavy atom. The lowest BCUT2D eigenvalue weighted by Gasteiger charge is -2.13. The Hall–Kier alpha value is -2.16. The maximum absolute atomic E-state index is 12.3. The molecule has 0 bridgehead atoms. The third-order valence-corrected chi connectivity index (χ3v) is 9.32. The smallest absolute Gasteiger partial charge is 0.311 e. The molecule has 2 N–H and O–H groups in total. The maximum atomic E-state index is 12.3. The molecule has 0 aromatic rings. The lowest BCUT2D eigenvalue weighted by Crippen LogP contribution is -2.21. The molecule has 294 valence electrons. The van der Waals surface area contributed by atoms with Gasteiger partial charge in [-0.05, 0) is 44.9 Å². The minimum Gasteiger partial charge on any atom is -0.481 e. The number of rotatable bonds is 39. The van der Waals surface area contributed by atoms with Crippen molar-refractivity contribution in [1.29, 1.82) is 0 Å². The number of hydrogen-bond donors (Lipinski definition) is 2. The van der Waals surface area contributed by atoms with E-state index in [1.165, 1.54) is 57.8 Å². The van der Waals surface area contributed by atoms with Crippen molar-refractivity contribution in [3.8, 4) is 0 Å². The van der Waals surface area contributed by atoms with Crippen LogP contribution in [0, 0.1) is 5.92 Å². The standard InChI is InChI=1S/C41H76O9/c1-2-3-4-5-6-10-15-22-29-37(36-42)41(47)50-35-28-21-14-18-25-32-40(46)48-33-26-19-12-9-7-8-11-17-24-31-39(45)49-34-27-20-13-16-23-30-38(43)44/h37,42H,2-36H2,1H3,(H,43,44). The number of esters is 3. The van der Waals surface area contributed by atoms with Crippen LogP contribution in [0.3, 0.4) is 0 Å². The Labute approximate surface area is 305 Å². The number of carbonyl (C=O) groups excluding carboxylic acids is 3. The van der Waals surface area contributed by atoms with Crippen LogP contribution < -0.4 is 0 Å². The third-order valence-electron chi connectivity index (χ3n) is 9.32. The van der Waals surface area contributed by atoms with Crippen LogP contribution in [0.4, 0.5) is 0 Å². The second kappa shape index (κ2) is 38.1. The van der Waals surface area contributed by atoms with Crippen molar-refractivity contribution >= 4 is 23.9 Å². The van der Waals surface area contributed by atoms with E-state index in [2.05, 4.69) is 6.92 Å². The van der Waals surface area contributed by atoms with E-state index in [1.807, 2.05) is 0 Å². The highest BCUT2D eigenvalue weighted by molar-refractivity contribution is 5.72. The molecule has 0 aliphatic rings. The molecule has 0 spiro atoms. The third kappa shape index (κ3) is 35.7. The van der Waals surface area contributed by atoms with E-state index in [0.29, 0.717) is 45.5 Å². The molecule has 0 aromatic carbocycles. The van der Waals surface area contributed by atoms with Crippen molar-refractivity contribution in [2.24, 2.45) is 5.92 Å². The van der Waals surface area contributed by atoms with Crippen molar-refractivity contribution in [3.05, 3.63) is 0 Å². The van der Waals surface area contributed by atoms with Crippen LogP contribution in [-0.2, 0) is 33.4 Å². The Bertz CT molecular complexity index is 801. The molecule has 0 aliphatic carbocycles. The van der Waals surface area contributed by atoms with Gasteiger partial charge in [0.05, 0.1) is 32.3 Å². The highest BCUT2D eigenvalue weighted by Crippen LogP contribution is 2.16. The lowest BCUT2D eigenvalue weighted by molar-refractivity contribution is -0.150. The fraction of sp³-hybridized carbons (Fsp3) is 0.902. The summed E-state index contributed by atoms with van der Waals surface area (Å²) in [5.74, 6) is -1.63. The molecular weight excluding hydrogens is 636 g/mol. The van der Waals surface area contributed by atoms with Crippen LogP contribution in [0.5, 0.6) is 0 Å². The Balaban J connectivity index is 3.42. The zero-order valence-corrected chi connectivity index (χ0v) is 32.1. The summed E-state index contributed by atoms with van der Waals surface area (Å²) in [6.45, 7) is 3.45. The van der Waals surface area contributed by atoms with Gasteiger partial charge in [0.2, 0.25) is 0 Å². The molecule has 0 aromatic heterocycles. The summed E-state index contributed by atoms with van der Waals surface area (Å²) < 4.78 is 16.1. The SMILES string of the molecule is CCCCCCCCCCC(CO)C(=O)OCCCCCCCC(=O)OCCCCCCCCCCCC(=O)OCCCCCCCC(=O)O. The predicted octanol–water partition coefficient (Wildman–Crippen LogP) is 10.4. The Kier molecular flexibility index (Phi) is 36.4. The molecule has 0 saturated carbocycles. The van der Waals surface area contributed by atoms with Crippen molar-refractivity contribution in [1.82, 2.24) is 0 Å². The topological polar surface area (TPSA) is 136 Å². The monoisotopic (exact) mass is 713 g/mol. The molecule has 9 heteroatoms. The van der Waals surface area contributed by atoms with Gasteiger partial charge in [-0.1, -0.05) is 142 Å². The molecular formula is C41H76O9. The average molecular weight is 713 g/mol. The van der Waals surface area contributed by atoms with Gasteiger partial charge in [-0.25, -0.2) is 0 Å². The number of aliphatic hydroxyl groups excluding tert-OH is 1. The fourth-order valence-electron chi connectivity index (χ4n) is 6.03.